The second-order valence-corrected chi connectivity index (χ2v) is 6.37. The molecule has 20 heavy (non-hydrogen) atoms. The summed E-state index contributed by atoms with van der Waals surface area (Å²) in [6.45, 7) is 3.66. The molecule has 1 aliphatic carbocycles. The van der Waals surface area contributed by atoms with E-state index >= 15 is 0 Å². The van der Waals surface area contributed by atoms with E-state index in [9.17, 15) is 4.79 Å². The summed E-state index contributed by atoms with van der Waals surface area (Å²) in [4.78, 5) is 11.9. The van der Waals surface area contributed by atoms with E-state index in [2.05, 4.69) is 6.92 Å². The maximum Gasteiger partial charge on any atom is 0.168 e. The number of Topliss-reactive ketones (excluding diaryl/α,β-unsaturated/α-hetero) is 1. The third kappa shape index (κ3) is 4.56. The second kappa shape index (κ2) is 8.14. The van der Waals surface area contributed by atoms with E-state index in [-0.39, 0.29) is 11.7 Å². The lowest BCUT2D eigenvalue weighted by Gasteiger charge is -2.30. The number of carbonyl (C=O) groups is 1. The van der Waals surface area contributed by atoms with Gasteiger partial charge < -0.3 is 9.47 Å². The lowest BCUT2D eigenvalue weighted by molar-refractivity contribution is -0.170. The smallest absolute Gasteiger partial charge is 0.168 e. The van der Waals surface area contributed by atoms with Crippen molar-refractivity contribution in [2.75, 3.05) is 13.2 Å². The number of rotatable bonds is 8. The minimum atomic E-state index is -0.370. The predicted molar refractivity (Wildman–Crippen MR) is 79.6 cm³/mol. The standard InChI is InChI=1S/C17H30O3/c1-2-3-4-7-11-17(19-13-14-20-17)12-10-15-8-5-6-9-16(15)18/h15H,2-14H2,1H3. The van der Waals surface area contributed by atoms with Gasteiger partial charge in [0.25, 0.3) is 0 Å². The molecule has 2 aliphatic rings. The molecule has 0 N–H and O–H groups in total. The first-order chi connectivity index (χ1) is 9.76. The lowest BCUT2D eigenvalue weighted by atomic mass is 9.83. The van der Waals surface area contributed by atoms with Crippen LogP contribution in [0.3, 0.4) is 0 Å². The SMILES string of the molecule is CCCCCCC1(CCC2CCCCC2=O)OCCO1. The second-order valence-electron chi connectivity index (χ2n) is 6.37. The molecule has 1 aliphatic heterocycles. The summed E-state index contributed by atoms with van der Waals surface area (Å²) in [5.74, 6) is 0.366. The van der Waals surface area contributed by atoms with Gasteiger partial charge in [-0.1, -0.05) is 32.6 Å². The molecule has 1 heterocycles. The number of carbonyl (C=O) groups excluding carboxylic acids is 1. The number of unbranched alkanes of at least 4 members (excludes halogenated alkanes) is 3. The molecule has 1 saturated heterocycles. The Morgan fingerprint density at radius 2 is 1.90 bits per heavy atom. The fourth-order valence-electron chi connectivity index (χ4n) is 3.49. The van der Waals surface area contributed by atoms with Crippen LogP contribution in [0.1, 0.15) is 77.6 Å². The minimum absolute atomic E-state index is 0.268. The van der Waals surface area contributed by atoms with Gasteiger partial charge >= 0.3 is 0 Å². The number of ether oxygens (including phenoxy) is 2. The molecule has 3 heteroatoms. The summed E-state index contributed by atoms with van der Waals surface area (Å²) in [5.41, 5.74) is 0. The molecule has 1 saturated carbocycles. The van der Waals surface area contributed by atoms with Gasteiger partial charge in [0.1, 0.15) is 5.78 Å². The Morgan fingerprint density at radius 3 is 2.60 bits per heavy atom. The van der Waals surface area contributed by atoms with Crippen molar-refractivity contribution in [1.29, 1.82) is 0 Å². The van der Waals surface area contributed by atoms with Crippen LogP contribution in [0.15, 0.2) is 0 Å². The summed E-state index contributed by atoms with van der Waals surface area (Å²) in [6, 6.07) is 0. The average molecular weight is 282 g/mol. The highest BCUT2D eigenvalue weighted by atomic mass is 16.7. The summed E-state index contributed by atoms with van der Waals surface area (Å²) in [7, 11) is 0. The van der Waals surface area contributed by atoms with E-state index in [1.807, 2.05) is 0 Å². The maximum absolute atomic E-state index is 11.9. The third-order valence-electron chi connectivity index (χ3n) is 4.78. The molecule has 0 aromatic rings. The fourth-order valence-corrected chi connectivity index (χ4v) is 3.49. The minimum Gasteiger partial charge on any atom is -0.348 e. The monoisotopic (exact) mass is 282 g/mol. The Bertz CT molecular complexity index is 295. The Hall–Kier alpha value is -0.410. The van der Waals surface area contributed by atoms with Crippen molar-refractivity contribution in [1.82, 2.24) is 0 Å². The first-order valence-corrected chi connectivity index (χ1v) is 8.56. The molecule has 1 unspecified atom stereocenters. The molecule has 1 atom stereocenters. The third-order valence-corrected chi connectivity index (χ3v) is 4.78. The van der Waals surface area contributed by atoms with E-state index in [0.29, 0.717) is 19.0 Å². The van der Waals surface area contributed by atoms with Gasteiger partial charge in [0.2, 0.25) is 0 Å². The van der Waals surface area contributed by atoms with Crippen molar-refractivity contribution >= 4 is 5.78 Å². The van der Waals surface area contributed by atoms with E-state index in [4.69, 9.17) is 9.47 Å². The number of hydrogen-bond donors (Lipinski definition) is 0. The molecule has 0 aromatic heterocycles. The van der Waals surface area contributed by atoms with Crippen LogP contribution in [0.5, 0.6) is 0 Å². The van der Waals surface area contributed by atoms with Gasteiger partial charge in [-0.3, -0.25) is 4.79 Å². The van der Waals surface area contributed by atoms with Gasteiger partial charge in [-0.05, 0) is 25.7 Å². The van der Waals surface area contributed by atoms with Crippen LogP contribution in [0.25, 0.3) is 0 Å². The molecular weight excluding hydrogens is 252 g/mol. The van der Waals surface area contributed by atoms with Crippen LogP contribution < -0.4 is 0 Å². The number of hydrogen-bond acceptors (Lipinski definition) is 3. The van der Waals surface area contributed by atoms with Crippen molar-refractivity contribution in [3.05, 3.63) is 0 Å². The first kappa shape index (κ1) is 16.0. The van der Waals surface area contributed by atoms with Crippen molar-refractivity contribution in [3.8, 4) is 0 Å². The lowest BCUT2D eigenvalue weighted by Crippen LogP contribution is -2.32. The van der Waals surface area contributed by atoms with Crippen molar-refractivity contribution in [2.24, 2.45) is 5.92 Å². The van der Waals surface area contributed by atoms with E-state index in [1.165, 1.54) is 32.1 Å². The molecule has 0 radical (unpaired) electrons. The van der Waals surface area contributed by atoms with Gasteiger partial charge in [-0.2, -0.15) is 0 Å². The Kier molecular flexibility index (Phi) is 6.50. The van der Waals surface area contributed by atoms with Crippen LogP contribution in [0.2, 0.25) is 0 Å². The topological polar surface area (TPSA) is 35.5 Å². The van der Waals surface area contributed by atoms with E-state index in [0.717, 1.165) is 38.5 Å². The zero-order valence-electron chi connectivity index (χ0n) is 13.0. The van der Waals surface area contributed by atoms with Crippen molar-refractivity contribution in [3.63, 3.8) is 0 Å². The molecular formula is C17H30O3. The van der Waals surface area contributed by atoms with Crippen LogP contribution in [0.4, 0.5) is 0 Å². The summed E-state index contributed by atoms with van der Waals surface area (Å²) in [6.07, 6.45) is 12.0. The van der Waals surface area contributed by atoms with Crippen LogP contribution in [-0.4, -0.2) is 24.8 Å². The van der Waals surface area contributed by atoms with Crippen LogP contribution in [0, 0.1) is 5.92 Å². The molecule has 116 valence electrons. The summed E-state index contributed by atoms with van der Waals surface area (Å²) in [5, 5.41) is 0. The Labute approximate surface area is 123 Å². The van der Waals surface area contributed by atoms with Gasteiger partial charge in [0, 0.05) is 25.2 Å². The van der Waals surface area contributed by atoms with E-state index < -0.39 is 0 Å². The highest BCUT2D eigenvalue weighted by molar-refractivity contribution is 5.81. The van der Waals surface area contributed by atoms with Crippen molar-refractivity contribution in [2.45, 2.75) is 83.3 Å². The Morgan fingerprint density at radius 1 is 1.10 bits per heavy atom. The fraction of sp³-hybridized carbons (Fsp3) is 0.941. The molecule has 0 spiro atoms. The highest BCUT2D eigenvalue weighted by Crippen LogP contribution is 2.34. The van der Waals surface area contributed by atoms with Crippen LogP contribution >= 0.6 is 0 Å². The van der Waals surface area contributed by atoms with Crippen LogP contribution in [-0.2, 0) is 14.3 Å². The molecule has 0 amide bonds. The molecule has 3 nitrogen and oxygen atoms in total. The van der Waals surface area contributed by atoms with Gasteiger partial charge in [0.05, 0.1) is 13.2 Å². The largest absolute Gasteiger partial charge is 0.348 e. The molecule has 2 rings (SSSR count). The van der Waals surface area contributed by atoms with Crippen molar-refractivity contribution < 1.29 is 14.3 Å². The quantitative estimate of drug-likeness (QED) is 0.625. The Balaban J connectivity index is 1.77. The van der Waals surface area contributed by atoms with Gasteiger partial charge in [-0.15, -0.1) is 0 Å². The zero-order valence-corrected chi connectivity index (χ0v) is 13.0. The average Bonchev–Trinajstić information content (AvgIpc) is 2.92. The zero-order chi connectivity index (χ0) is 14.3. The summed E-state index contributed by atoms with van der Waals surface area (Å²) < 4.78 is 11.8. The maximum atomic E-state index is 11.9. The number of ketones is 1. The predicted octanol–water partition coefficient (Wildman–Crippen LogP) is 4.24. The van der Waals surface area contributed by atoms with Gasteiger partial charge in [0.15, 0.2) is 5.79 Å². The highest BCUT2D eigenvalue weighted by Gasteiger charge is 2.37. The molecule has 2 fully saturated rings. The molecule has 0 aromatic carbocycles. The summed E-state index contributed by atoms with van der Waals surface area (Å²) >= 11 is 0. The normalized spacial score (nSPS) is 26.1. The van der Waals surface area contributed by atoms with E-state index in [1.54, 1.807) is 0 Å². The first-order valence-electron chi connectivity index (χ1n) is 8.56. The molecule has 0 bridgehead atoms. The van der Waals surface area contributed by atoms with Gasteiger partial charge in [-0.25, -0.2) is 0 Å².